The number of hydrogen-bond donors (Lipinski definition) is 2. The van der Waals surface area contributed by atoms with Crippen LogP contribution in [0, 0.1) is 5.82 Å². The molecule has 1 unspecified atom stereocenters. The summed E-state index contributed by atoms with van der Waals surface area (Å²) in [7, 11) is 0. The van der Waals surface area contributed by atoms with E-state index >= 15 is 0 Å². The Kier molecular flexibility index (Phi) is 4.44. The molecular formula is C19H21FN4O2. The van der Waals surface area contributed by atoms with E-state index in [1.165, 1.54) is 31.0 Å². The second kappa shape index (κ2) is 6.90. The van der Waals surface area contributed by atoms with E-state index in [4.69, 9.17) is 0 Å². The van der Waals surface area contributed by atoms with E-state index in [0.717, 1.165) is 12.8 Å². The topological polar surface area (TPSA) is 78.1 Å². The Hall–Kier alpha value is -2.70. The lowest BCUT2D eigenvalue weighted by Gasteiger charge is -2.17. The van der Waals surface area contributed by atoms with Crippen LogP contribution >= 0.6 is 0 Å². The zero-order chi connectivity index (χ0) is 18.1. The van der Waals surface area contributed by atoms with E-state index in [-0.39, 0.29) is 29.6 Å². The van der Waals surface area contributed by atoms with Gasteiger partial charge in [-0.3, -0.25) is 14.6 Å². The zero-order valence-electron chi connectivity index (χ0n) is 14.4. The molecule has 136 valence electrons. The molecule has 1 aromatic heterocycles. The summed E-state index contributed by atoms with van der Waals surface area (Å²) in [5, 5.41) is 3.30. The van der Waals surface area contributed by atoms with Gasteiger partial charge in [-0.1, -0.05) is 12.8 Å². The lowest BCUT2D eigenvalue weighted by molar-refractivity contribution is -0.117. The van der Waals surface area contributed by atoms with Crippen molar-refractivity contribution in [2.45, 2.75) is 44.1 Å². The molecule has 7 heteroatoms. The Balaban J connectivity index is 1.54. The Morgan fingerprint density at radius 2 is 1.88 bits per heavy atom. The van der Waals surface area contributed by atoms with Crippen molar-refractivity contribution in [1.82, 2.24) is 9.97 Å². The highest BCUT2D eigenvalue weighted by atomic mass is 19.1. The number of aromatic nitrogens is 2. The van der Waals surface area contributed by atoms with Gasteiger partial charge in [-0.25, -0.2) is 9.37 Å². The van der Waals surface area contributed by atoms with Crippen molar-refractivity contribution in [2.75, 3.05) is 16.8 Å². The summed E-state index contributed by atoms with van der Waals surface area (Å²) < 4.78 is 13.1. The van der Waals surface area contributed by atoms with Crippen LogP contribution in [0.15, 0.2) is 35.1 Å². The third-order valence-electron chi connectivity index (χ3n) is 5.14. The molecule has 2 heterocycles. The summed E-state index contributed by atoms with van der Waals surface area (Å²) >= 11 is 0. The number of carbonyl (C=O) groups excluding carboxylic acids is 1. The molecule has 26 heavy (non-hydrogen) atoms. The highest BCUT2D eigenvalue weighted by Gasteiger charge is 2.33. The maximum Gasteiger partial charge on any atom is 0.252 e. The Bertz CT molecular complexity index is 859. The number of nitrogens with zero attached hydrogens (tertiary/aromatic N) is 2. The highest BCUT2D eigenvalue weighted by molar-refractivity contribution is 5.96. The third kappa shape index (κ3) is 3.47. The van der Waals surface area contributed by atoms with Gasteiger partial charge in [-0.2, -0.15) is 0 Å². The summed E-state index contributed by atoms with van der Waals surface area (Å²) in [5.41, 5.74) is 1.06. The molecule has 1 aliphatic carbocycles. The number of rotatable bonds is 4. The van der Waals surface area contributed by atoms with E-state index in [9.17, 15) is 14.0 Å². The summed E-state index contributed by atoms with van der Waals surface area (Å²) in [4.78, 5) is 33.3. The van der Waals surface area contributed by atoms with E-state index in [2.05, 4.69) is 15.3 Å². The predicted octanol–water partition coefficient (Wildman–Crippen LogP) is 2.78. The number of aromatic amines is 1. The number of hydrogen-bond acceptors (Lipinski definition) is 4. The smallest absolute Gasteiger partial charge is 0.252 e. The van der Waals surface area contributed by atoms with Crippen molar-refractivity contribution in [3.05, 3.63) is 52.2 Å². The first-order chi connectivity index (χ1) is 12.6. The first kappa shape index (κ1) is 16.8. The molecule has 2 aromatic rings. The van der Waals surface area contributed by atoms with Crippen LogP contribution in [0.2, 0.25) is 0 Å². The molecule has 1 aromatic carbocycles. The molecule has 1 saturated carbocycles. The molecule has 2 aliphatic rings. The third-order valence-corrected chi connectivity index (χ3v) is 5.14. The largest absolute Gasteiger partial charge is 0.353 e. The minimum atomic E-state index is -0.337. The van der Waals surface area contributed by atoms with Gasteiger partial charge in [-0.15, -0.1) is 0 Å². The second-order valence-corrected chi connectivity index (χ2v) is 7.03. The molecular weight excluding hydrogens is 335 g/mol. The standard InChI is InChI=1S/C19H21FN4O2/c20-13-5-7-15(8-6-13)24-11-12(9-18(24)26)16-10-17(25)23-19(22-16)21-14-3-1-2-4-14/h5-8,10,12,14H,1-4,9,11H2,(H2,21,22,23,25). The first-order valence-electron chi connectivity index (χ1n) is 9.02. The molecule has 6 nitrogen and oxygen atoms in total. The molecule has 1 amide bonds. The molecule has 4 rings (SSSR count). The highest BCUT2D eigenvalue weighted by Crippen LogP contribution is 2.31. The molecule has 2 fully saturated rings. The average molecular weight is 356 g/mol. The van der Waals surface area contributed by atoms with E-state index in [1.54, 1.807) is 17.0 Å². The number of nitrogens with one attached hydrogen (secondary N) is 2. The number of anilines is 2. The summed E-state index contributed by atoms with van der Waals surface area (Å²) in [5.74, 6) is -0.0594. The SMILES string of the molecule is O=C1CC(c2cc(=O)[nH]c(NC3CCCC3)n2)CN1c1ccc(F)cc1. The maximum absolute atomic E-state index is 13.1. The van der Waals surface area contributed by atoms with Crippen LogP contribution in [0.1, 0.15) is 43.7 Å². The number of halogens is 1. The van der Waals surface area contributed by atoms with Crippen LogP contribution in [-0.2, 0) is 4.79 Å². The summed E-state index contributed by atoms with van der Waals surface area (Å²) in [6.45, 7) is 0.434. The monoisotopic (exact) mass is 356 g/mol. The molecule has 1 aliphatic heterocycles. The lowest BCUT2D eigenvalue weighted by Crippen LogP contribution is -2.25. The van der Waals surface area contributed by atoms with Gasteiger partial charge in [0, 0.05) is 36.7 Å². The molecule has 2 N–H and O–H groups in total. The number of carbonyl (C=O) groups is 1. The van der Waals surface area contributed by atoms with Crippen molar-refractivity contribution in [2.24, 2.45) is 0 Å². The molecule has 0 radical (unpaired) electrons. The Morgan fingerprint density at radius 1 is 1.15 bits per heavy atom. The van der Waals surface area contributed by atoms with E-state index in [1.807, 2.05) is 0 Å². The number of benzene rings is 1. The fraction of sp³-hybridized carbons (Fsp3) is 0.421. The van der Waals surface area contributed by atoms with Crippen LogP contribution < -0.4 is 15.8 Å². The van der Waals surface area contributed by atoms with Crippen molar-refractivity contribution in [3.8, 4) is 0 Å². The van der Waals surface area contributed by atoms with Crippen LogP contribution in [0.4, 0.5) is 16.0 Å². The van der Waals surface area contributed by atoms with E-state index < -0.39 is 0 Å². The fourth-order valence-electron chi connectivity index (χ4n) is 3.79. The van der Waals surface area contributed by atoms with Crippen molar-refractivity contribution >= 4 is 17.5 Å². The van der Waals surface area contributed by atoms with Crippen LogP contribution in [0.25, 0.3) is 0 Å². The molecule has 0 spiro atoms. The number of amides is 1. The van der Waals surface area contributed by atoms with Crippen molar-refractivity contribution < 1.29 is 9.18 Å². The van der Waals surface area contributed by atoms with Crippen molar-refractivity contribution in [3.63, 3.8) is 0 Å². The quantitative estimate of drug-likeness (QED) is 0.883. The molecule has 0 bridgehead atoms. The van der Waals surface area contributed by atoms with Gasteiger partial charge in [0.15, 0.2) is 0 Å². The Labute approximate surface area is 150 Å². The van der Waals surface area contributed by atoms with Crippen LogP contribution in [-0.4, -0.2) is 28.5 Å². The normalized spacial score (nSPS) is 20.7. The van der Waals surface area contributed by atoms with Crippen molar-refractivity contribution in [1.29, 1.82) is 0 Å². The predicted molar refractivity (Wildman–Crippen MR) is 96.8 cm³/mol. The van der Waals surface area contributed by atoms with Gasteiger partial charge in [0.2, 0.25) is 11.9 Å². The molecule has 1 saturated heterocycles. The second-order valence-electron chi connectivity index (χ2n) is 7.03. The average Bonchev–Trinajstić information content (AvgIpc) is 3.25. The zero-order valence-corrected chi connectivity index (χ0v) is 14.4. The Morgan fingerprint density at radius 3 is 2.62 bits per heavy atom. The maximum atomic E-state index is 13.1. The first-order valence-corrected chi connectivity index (χ1v) is 9.02. The molecule has 1 atom stereocenters. The van der Waals surface area contributed by atoms with Gasteiger partial charge >= 0.3 is 0 Å². The van der Waals surface area contributed by atoms with Crippen LogP contribution in [0.3, 0.4) is 0 Å². The van der Waals surface area contributed by atoms with Gasteiger partial charge in [-0.05, 0) is 37.1 Å². The summed E-state index contributed by atoms with van der Waals surface area (Å²) in [6, 6.07) is 7.67. The van der Waals surface area contributed by atoms with Gasteiger partial charge in [0.25, 0.3) is 5.56 Å². The lowest BCUT2D eigenvalue weighted by atomic mass is 10.0. The van der Waals surface area contributed by atoms with Gasteiger partial charge < -0.3 is 10.2 Å². The fourth-order valence-corrected chi connectivity index (χ4v) is 3.79. The van der Waals surface area contributed by atoms with Crippen LogP contribution in [0.5, 0.6) is 0 Å². The minimum Gasteiger partial charge on any atom is -0.353 e. The van der Waals surface area contributed by atoms with E-state index in [0.29, 0.717) is 29.9 Å². The van der Waals surface area contributed by atoms with Gasteiger partial charge in [0.05, 0.1) is 5.69 Å². The van der Waals surface area contributed by atoms with Gasteiger partial charge in [0.1, 0.15) is 5.82 Å². The minimum absolute atomic E-state index is 0.0472. The number of H-pyrrole nitrogens is 1. The summed E-state index contributed by atoms with van der Waals surface area (Å²) in [6.07, 6.45) is 4.82.